The Kier molecular flexibility index (Phi) is 8.17. The van der Waals surface area contributed by atoms with Crippen LogP contribution in [-0.2, 0) is 9.53 Å². The number of ether oxygens (including phenoxy) is 1. The third-order valence-corrected chi connectivity index (χ3v) is 4.51. The standard InChI is InChI=1S/C19H23N5O4.ClH/c1-28-17(25)12-21-18(26)13-4-6-14(7-5-13)22-19(27)16-8-10-24(23-16)15-3-2-9-20-11-15;/h4-8,10,15,20H,2-3,9,11-12H2,1H3,(H,21,26)(H,22,27);1H. The van der Waals surface area contributed by atoms with Gasteiger partial charge in [0, 0.05) is 24.0 Å². The fourth-order valence-corrected chi connectivity index (χ4v) is 2.95. The summed E-state index contributed by atoms with van der Waals surface area (Å²) in [5.74, 6) is -1.24. The molecule has 0 aliphatic carbocycles. The molecule has 1 atom stereocenters. The van der Waals surface area contributed by atoms with Crippen LogP contribution in [0.4, 0.5) is 5.69 Å². The molecule has 156 valence electrons. The highest BCUT2D eigenvalue weighted by atomic mass is 35.5. The quantitative estimate of drug-likeness (QED) is 0.607. The fourth-order valence-electron chi connectivity index (χ4n) is 2.95. The largest absolute Gasteiger partial charge is 0.468 e. The Bertz CT molecular complexity index is 847. The van der Waals surface area contributed by atoms with Crippen molar-refractivity contribution in [3.8, 4) is 0 Å². The van der Waals surface area contributed by atoms with Crippen molar-refractivity contribution in [1.82, 2.24) is 20.4 Å². The predicted octanol–water partition coefficient (Wildman–Crippen LogP) is 1.38. The lowest BCUT2D eigenvalue weighted by Crippen LogP contribution is -2.32. The van der Waals surface area contributed by atoms with Crippen LogP contribution in [0.25, 0.3) is 0 Å². The fraction of sp³-hybridized carbons (Fsp3) is 0.368. The number of halogens is 1. The Morgan fingerprint density at radius 1 is 1.21 bits per heavy atom. The van der Waals surface area contributed by atoms with E-state index in [0.29, 0.717) is 16.9 Å². The van der Waals surface area contributed by atoms with E-state index in [4.69, 9.17) is 0 Å². The van der Waals surface area contributed by atoms with Crippen LogP contribution < -0.4 is 16.0 Å². The Labute approximate surface area is 174 Å². The van der Waals surface area contributed by atoms with E-state index in [1.165, 1.54) is 7.11 Å². The average Bonchev–Trinajstić information content (AvgIpc) is 3.23. The molecular formula is C19H24ClN5O4. The van der Waals surface area contributed by atoms with Crippen LogP contribution >= 0.6 is 12.4 Å². The van der Waals surface area contributed by atoms with Crippen LogP contribution in [0.2, 0.25) is 0 Å². The number of methoxy groups -OCH3 is 1. The Morgan fingerprint density at radius 3 is 2.62 bits per heavy atom. The third kappa shape index (κ3) is 6.03. The number of nitrogens with zero attached hydrogens (tertiary/aromatic N) is 2. The number of benzene rings is 1. The number of esters is 1. The first kappa shape index (κ1) is 22.4. The summed E-state index contributed by atoms with van der Waals surface area (Å²) in [6.45, 7) is 1.66. The van der Waals surface area contributed by atoms with Gasteiger partial charge < -0.3 is 20.7 Å². The summed E-state index contributed by atoms with van der Waals surface area (Å²) in [4.78, 5) is 35.4. The van der Waals surface area contributed by atoms with Gasteiger partial charge in [0.25, 0.3) is 11.8 Å². The minimum Gasteiger partial charge on any atom is -0.468 e. The minimum absolute atomic E-state index is 0. The maximum Gasteiger partial charge on any atom is 0.325 e. The molecule has 1 aromatic heterocycles. The molecule has 1 unspecified atom stereocenters. The molecule has 1 fully saturated rings. The van der Waals surface area contributed by atoms with E-state index in [1.807, 2.05) is 10.9 Å². The zero-order valence-electron chi connectivity index (χ0n) is 16.0. The molecule has 1 aliphatic rings. The number of hydrogen-bond acceptors (Lipinski definition) is 6. The minimum atomic E-state index is -0.527. The highest BCUT2D eigenvalue weighted by Gasteiger charge is 2.18. The van der Waals surface area contributed by atoms with Crippen molar-refractivity contribution in [2.45, 2.75) is 18.9 Å². The van der Waals surface area contributed by atoms with Crippen molar-refractivity contribution in [3.63, 3.8) is 0 Å². The van der Waals surface area contributed by atoms with Crippen LogP contribution in [0.1, 0.15) is 39.7 Å². The van der Waals surface area contributed by atoms with E-state index in [0.717, 1.165) is 25.9 Å². The number of carbonyl (C=O) groups excluding carboxylic acids is 3. The molecule has 0 radical (unpaired) electrons. The number of amides is 2. The van der Waals surface area contributed by atoms with E-state index in [1.54, 1.807) is 30.3 Å². The van der Waals surface area contributed by atoms with E-state index in [9.17, 15) is 14.4 Å². The second kappa shape index (κ2) is 10.6. The van der Waals surface area contributed by atoms with E-state index >= 15 is 0 Å². The summed E-state index contributed by atoms with van der Waals surface area (Å²) in [5, 5.41) is 12.9. The first-order valence-electron chi connectivity index (χ1n) is 9.09. The summed E-state index contributed by atoms with van der Waals surface area (Å²) in [6.07, 6.45) is 3.95. The van der Waals surface area contributed by atoms with Gasteiger partial charge in [0.1, 0.15) is 6.54 Å². The molecule has 3 rings (SSSR count). The molecule has 1 aliphatic heterocycles. The Hall–Kier alpha value is -2.91. The Morgan fingerprint density at radius 2 is 1.97 bits per heavy atom. The van der Waals surface area contributed by atoms with Crippen LogP contribution in [0.5, 0.6) is 0 Å². The van der Waals surface area contributed by atoms with Crippen LogP contribution in [0.3, 0.4) is 0 Å². The van der Waals surface area contributed by atoms with Gasteiger partial charge in [0.05, 0.1) is 13.2 Å². The van der Waals surface area contributed by atoms with Gasteiger partial charge in [0.2, 0.25) is 0 Å². The number of hydrogen-bond donors (Lipinski definition) is 3. The molecular weight excluding hydrogens is 398 g/mol. The second-order valence-corrected chi connectivity index (χ2v) is 6.47. The van der Waals surface area contributed by atoms with Crippen molar-refractivity contribution in [3.05, 3.63) is 47.8 Å². The van der Waals surface area contributed by atoms with Gasteiger partial charge in [-0.05, 0) is 49.7 Å². The zero-order valence-corrected chi connectivity index (χ0v) is 16.8. The molecule has 2 aromatic rings. The monoisotopic (exact) mass is 421 g/mol. The SMILES string of the molecule is COC(=O)CNC(=O)c1ccc(NC(=O)c2ccn(C3CCCNC3)n2)cc1.Cl. The summed E-state index contributed by atoms with van der Waals surface area (Å²) >= 11 is 0. The molecule has 1 aromatic carbocycles. The van der Waals surface area contributed by atoms with Gasteiger partial charge in [-0.2, -0.15) is 5.10 Å². The highest BCUT2D eigenvalue weighted by Crippen LogP contribution is 2.16. The number of nitrogens with one attached hydrogen (secondary N) is 3. The lowest BCUT2D eigenvalue weighted by Gasteiger charge is -2.22. The van der Waals surface area contributed by atoms with Gasteiger partial charge in [-0.3, -0.25) is 19.1 Å². The summed E-state index contributed by atoms with van der Waals surface area (Å²) in [7, 11) is 1.25. The first-order chi connectivity index (χ1) is 13.6. The van der Waals surface area contributed by atoms with E-state index < -0.39 is 11.9 Å². The molecule has 29 heavy (non-hydrogen) atoms. The lowest BCUT2D eigenvalue weighted by atomic mass is 10.1. The maximum absolute atomic E-state index is 12.4. The van der Waals surface area contributed by atoms with Gasteiger partial charge >= 0.3 is 5.97 Å². The topological polar surface area (TPSA) is 114 Å². The predicted molar refractivity (Wildman–Crippen MR) is 109 cm³/mol. The highest BCUT2D eigenvalue weighted by molar-refractivity contribution is 6.03. The molecule has 2 amide bonds. The van der Waals surface area contributed by atoms with Crippen molar-refractivity contribution in [2.75, 3.05) is 32.1 Å². The van der Waals surface area contributed by atoms with Gasteiger partial charge in [-0.25, -0.2) is 0 Å². The second-order valence-electron chi connectivity index (χ2n) is 6.47. The van der Waals surface area contributed by atoms with E-state index in [-0.39, 0.29) is 30.9 Å². The van der Waals surface area contributed by atoms with Gasteiger partial charge in [-0.1, -0.05) is 0 Å². The van der Waals surface area contributed by atoms with Crippen LogP contribution in [0.15, 0.2) is 36.5 Å². The van der Waals surface area contributed by atoms with Crippen LogP contribution in [-0.4, -0.2) is 54.3 Å². The molecule has 10 heteroatoms. The molecule has 2 heterocycles. The molecule has 1 saturated heterocycles. The number of aromatic nitrogens is 2. The van der Waals surface area contributed by atoms with Gasteiger partial charge in [0.15, 0.2) is 5.69 Å². The Balaban J connectivity index is 0.00000300. The summed E-state index contributed by atoms with van der Waals surface area (Å²) in [6, 6.07) is 8.32. The number of anilines is 1. The van der Waals surface area contributed by atoms with Crippen molar-refractivity contribution in [1.29, 1.82) is 0 Å². The van der Waals surface area contributed by atoms with Crippen molar-refractivity contribution >= 4 is 35.9 Å². The lowest BCUT2D eigenvalue weighted by molar-refractivity contribution is -0.139. The zero-order chi connectivity index (χ0) is 19.9. The normalized spacial score (nSPS) is 15.7. The smallest absolute Gasteiger partial charge is 0.325 e. The van der Waals surface area contributed by atoms with Crippen LogP contribution in [0, 0.1) is 0 Å². The third-order valence-electron chi connectivity index (χ3n) is 4.51. The molecule has 3 N–H and O–H groups in total. The first-order valence-corrected chi connectivity index (χ1v) is 9.09. The van der Waals surface area contributed by atoms with Crippen molar-refractivity contribution in [2.24, 2.45) is 0 Å². The molecule has 9 nitrogen and oxygen atoms in total. The molecule has 0 spiro atoms. The average molecular weight is 422 g/mol. The maximum atomic E-state index is 12.4. The number of piperidine rings is 1. The molecule has 0 bridgehead atoms. The van der Waals surface area contributed by atoms with E-state index in [2.05, 4.69) is 25.8 Å². The number of rotatable bonds is 6. The molecule has 0 saturated carbocycles. The summed E-state index contributed by atoms with van der Waals surface area (Å²) < 4.78 is 6.30. The van der Waals surface area contributed by atoms with Gasteiger partial charge in [-0.15, -0.1) is 12.4 Å². The number of carbonyl (C=O) groups is 3. The van der Waals surface area contributed by atoms with Crippen molar-refractivity contribution < 1.29 is 19.1 Å². The summed E-state index contributed by atoms with van der Waals surface area (Å²) in [5.41, 5.74) is 1.25.